The summed E-state index contributed by atoms with van der Waals surface area (Å²) in [5.41, 5.74) is 6.55. The van der Waals surface area contributed by atoms with Crippen molar-refractivity contribution in [2.45, 2.75) is 12.8 Å². The Labute approximate surface area is 89.1 Å². The summed E-state index contributed by atoms with van der Waals surface area (Å²) >= 11 is 0. The maximum atomic E-state index is 11.8. The lowest BCUT2D eigenvalue weighted by molar-refractivity contribution is 0.0783. The van der Waals surface area contributed by atoms with Crippen LogP contribution in [0.25, 0.3) is 0 Å². The lowest BCUT2D eigenvalue weighted by Gasteiger charge is -2.15. The highest BCUT2D eigenvalue weighted by Gasteiger charge is 2.25. The molecule has 1 heterocycles. The molecule has 0 saturated heterocycles. The Morgan fingerprint density at radius 2 is 2.33 bits per heavy atom. The van der Waals surface area contributed by atoms with Crippen LogP contribution in [0.1, 0.15) is 23.3 Å². The minimum absolute atomic E-state index is 0.0260. The van der Waals surface area contributed by atoms with Crippen molar-refractivity contribution in [3.8, 4) is 0 Å². The Bertz CT molecular complexity index is 357. The van der Waals surface area contributed by atoms with Crippen LogP contribution in [0.5, 0.6) is 0 Å². The van der Waals surface area contributed by atoms with E-state index in [2.05, 4.69) is 4.98 Å². The van der Waals surface area contributed by atoms with Crippen LogP contribution in [0.4, 0.5) is 5.69 Å². The summed E-state index contributed by atoms with van der Waals surface area (Å²) in [5, 5.41) is 0. The first-order valence-electron chi connectivity index (χ1n) is 5.14. The van der Waals surface area contributed by atoms with Gasteiger partial charge in [0.25, 0.3) is 5.91 Å². The molecule has 1 saturated carbocycles. The van der Waals surface area contributed by atoms with Crippen molar-refractivity contribution in [2.24, 2.45) is 5.92 Å². The predicted octanol–water partition coefficient (Wildman–Crippen LogP) is 1.15. The molecule has 0 atom stereocenters. The van der Waals surface area contributed by atoms with Gasteiger partial charge < -0.3 is 10.6 Å². The van der Waals surface area contributed by atoms with Crippen molar-refractivity contribution in [1.29, 1.82) is 0 Å². The fourth-order valence-electron chi connectivity index (χ4n) is 1.50. The standard InChI is InChI=1S/C11H15N3O/c1-14(7-8-2-3-8)11(15)10-5-4-9(12)6-13-10/h4-6,8H,2-3,7,12H2,1H3. The summed E-state index contributed by atoms with van der Waals surface area (Å²) in [6.45, 7) is 0.838. The van der Waals surface area contributed by atoms with E-state index < -0.39 is 0 Å². The molecule has 0 unspecified atom stereocenters. The van der Waals surface area contributed by atoms with Gasteiger partial charge in [-0.3, -0.25) is 4.79 Å². The fraction of sp³-hybridized carbons (Fsp3) is 0.455. The first-order chi connectivity index (χ1) is 7.16. The number of nitrogens with two attached hydrogens (primary N) is 1. The van der Waals surface area contributed by atoms with Crippen LogP contribution in [-0.4, -0.2) is 29.4 Å². The predicted molar refractivity (Wildman–Crippen MR) is 58.3 cm³/mol. The van der Waals surface area contributed by atoms with Crippen LogP contribution in [0.3, 0.4) is 0 Å². The van der Waals surface area contributed by atoms with Gasteiger partial charge in [-0.25, -0.2) is 4.98 Å². The molecule has 0 aromatic carbocycles. The van der Waals surface area contributed by atoms with E-state index in [1.54, 1.807) is 17.0 Å². The Morgan fingerprint density at radius 3 is 2.87 bits per heavy atom. The monoisotopic (exact) mass is 205 g/mol. The topological polar surface area (TPSA) is 59.2 Å². The Hall–Kier alpha value is -1.58. The molecule has 0 aliphatic heterocycles. The van der Waals surface area contributed by atoms with Gasteiger partial charge in [-0.05, 0) is 30.9 Å². The third kappa shape index (κ3) is 2.46. The molecule has 2 rings (SSSR count). The number of carbonyl (C=O) groups is 1. The maximum Gasteiger partial charge on any atom is 0.272 e. The van der Waals surface area contributed by atoms with E-state index in [1.165, 1.54) is 19.0 Å². The van der Waals surface area contributed by atoms with E-state index in [-0.39, 0.29) is 5.91 Å². The minimum atomic E-state index is -0.0260. The molecule has 1 aliphatic carbocycles. The highest BCUT2D eigenvalue weighted by Crippen LogP contribution is 2.29. The summed E-state index contributed by atoms with van der Waals surface area (Å²) in [6.07, 6.45) is 4.00. The molecule has 0 spiro atoms. The Balaban J connectivity index is 2.02. The number of pyridine rings is 1. The van der Waals surface area contributed by atoms with Crippen molar-refractivity contribution in [1.82, 2.24) is 9.88 Å². The van der Waals surface area contributed by atoms with Crippen LogP contribution >= 0.6 is 0 Å². The molecule has 80 valence electrons. The van der Waals surface area contributed by atoms with Gasteiger partial charge >= 0.3 is 0 Å². The third-order valence-corrected chi connectivity index (χ3v) is 2.58. The first-order valence-corrected chi connectivity index (χ1v) is 5.14. The largest absolute Gasteiger partial charge is 0.397 e. The van der Waals surface area contributed by atoms with E-state index in [0.717, 1.165) is 6.54 Å². The Morgan fingerprint density at radius 1 is 1.60 bits per heavy atom. The van der Waals surface area contributed by atoms with Gasteiger partial charge in [0.15, 0.2) is 0 Å². The summed E-state index contributed by atoms with van der Waals surface area (Å²) in [4.78, 5) is 17.6. The minimum Gasteiger partial charge on any atom is -0.397 e. The smallest absolute Gasteiger partial charge is 0.272 e. The second-order valence-electron chi connectivity index (χ2n) is 4.11. The zero-order chi connectivity index (χ0) is 10.8. The number of rotatable bonds is 3. The molecule has 4 nitrogen and oxygen atoms in total. The van der Waals surface area contributed by atoms with Gasteiger partial charge in [0.1, 0.15) is 5.69 Å². The van der Waals surface area contributed by atoms with Crippen LogP contribution in [0, 0.1) is 5.92 Å². The molecule has 15 heavy (non-hydrogen) atoms. The number of hydrogen-bond acceptors (Lipinski definition) is 3. The van der Waals surface area contributed by atoms with E-state index in [0.29, 0.717) is 17.3 Å². The molecule has 1 aromatic rings. The summed E-state index contributed by atoms with van der Waals surface area (Å²) < 4.78 is 0. The molecule has 1 amide bonds. The molecule has 1 aliphatic rings. The summed E-state index contributed by atoms with van der Waals surface area (Å²) in [5.74, 6) is 0.676. The zero-order valence-electron chi connectivity index (χ0n) is 8.81. The molecule has 0 bridgehead atoms. The average molecular weight is 205 g/mol. The van der Waals surface area contributed by atoms with Gasteiger partial charge in [0, 0.05) is 13.6 Å². The van der Waals surface area contributed by atoms with Crippen molar-refractivity contribution in [3.05, 3.63) is 24.0 Å². The van der Waals surface area contributed by atoms with Crippen molar-refractivity contribution < 1.29 is 4.79 Å². The zero-order valence-corrected chi connectivity index (χ0v) is 8.81. The van der Waals surface area contributed by atoms with Gasteiger partial charge in [-0.15, -0.1) is 0 Å². The second kappa shape index (κ2) is 3.88. The lowest BCUT2D eigenvalue weighted by Crippen LogP contribution is -2.29. The van der Waals surface area contributed by atoms with Gasteiger partial charge in [-0.2, -0.15) is 0 Å². The lowest BCUT2D eigenvalue weighted by atomic mass is 10.3. The number of nitrogen functional groups attached to an aromatic ring is 1. The molecular formula is C11H15N3O. The molecule has 2 N–H and O–H groups in total. The van der Waals surface area contributed by atoms with Crippen LogP contribution < -0.4 is 5.73 Å². The molecule has 1 aromatic heterocycles. The quantitative estimate of drug-likeness (QED) is 0.805. The van der Waals surface area contributed by atoms with Crippen molar-refractivity contribution in [3.63, 3.8) is 0 Å². The van der Waals surface area contributed by atoms with E-state index >= 15 is 0 Å². The average Bonchev–Trinajstić information content (AvgIpc) is 3.02. The fourth-order valence-corrected chi connectivity index (χ4v) is 1.50. The number of anilines is 1. The van der Waals surface area contributed by atoms with Gasteiger partial charge in [-0.1, -0.05) is 0 Å². The maximum absolute atomic E-state index is 11.8. The summed E-state index contributed by atoms with van der Waals surface area (Å²) in [6, 6.07) is 3.37. The SMILES string of the molecule is CN(CC1CC1)C(=O)c1ccc(N)cn1. The number of aromatic nitrogens is 1. The van der Waals surface area contributed by atoms with E-state index in [1.807, 2.05) is 7.05 Å². The molecule has 4 heteroatoms. The van der Waals surface area contributed by atoms with Crippen LogP contribution in [0.15, 0.2) is 18.3 Å². The highest BCUT2D eigenvalue weighted by atomic mass is 16.2. The normalized spacial score (nSPS) is 15.0. The van der Waals surface area contributed by atoms with E-state index in [4.69, 9.17) is 5.73 Å². The van der Waals surface area contributed by atoms with Gasteiger partial charge in [0.2, 0.25) is 0 Å². The molecular weight excluding hydrogens is 190 g/mol. The second-order valence-corrected chi connectivity index (χ2v) is 4.11. The van der Waals surface area contributed by atoms with Crippen molar-refractivity contribution >= 4 is 11.6 Å². The van der Waals surface area contributed by atoms with E-state index in [9.17, 15) is 4.79 Å². The van der Waals surface area contributed by atoms with Crippen molar-refractivity contribution in [2.75, 3.05) is 19.3 Å². The number of amides is 1. The van der Waals surface area contributed by atoms with Gasteiger partial charge in [0.05, 0.1) is 11.9 Å². The van der Waals surface area contributed by atoms with Crippen LogP contribution in [0.2, 0.25) is 0 Å². The first kappa shape index (κ1) is 9.96. The Kier molecular flexibility index (Phi) is 2.58. The third-order valence-electron chi connectivity index (χ3n) is 2.58. The number of hydrogen-bond donors (Lipinski definition) is 1. The number of carbonyl (C=O) groups excluding carboxylic acids is 1. The van der Waals surface area contributed by atoms with Crippen LogP contribution in [-0.2, 0) is 0 Å². The highest BCUT2D eigenvalue weighted by molar-refractivity contribution is 5.92. The molecule has 0 radical (unpaired) electrons. The molecule has 1 fully saturated rings. The number of nitrogens with zero attached hydrogens (tertiary/aromatic N) is 2. The summed E-state index contributed by atoms with van der Waals surface area (Å²) in [7, 11) is 1.82.